The van der Waals surface area contributed by atoms with Crippen LogP contribution < -0.4 is 16.4 Å². The summed E-state index contributed by atoms with van der Waals surface area (Å²) < 4.78 is 23.5. The number of hydrogen-bond donors (Lipinski definition) is 5. The van der Waals surface area contributed by atoms with Crippen molar-refractivity contribution < 1.29 is 23.4 Å². The number of hydrogen-bond acceptors (Lipinski definition) is 7. The van der Waals surface area contributed by atoms with Crippen LogP contribution in [-0.2, 0) is 9.84 Å². The number of amides is 2. The summed E-state index contributed by atoms with van der Waals surface area (Å²) in [7, 11) is -3.37. The number of sulfone groups is 1. The van der Waals surface area contributed by atoms with Gasteiger partial charge < -0.3 is 31.5 Å². The maximum Gasteiger partial charge on any atom is 0.321 e. The highest BCUT2D eigenvalue weighted by Crippen LogP contribution is 2.15. The van der Waals surface area contributed by atoms with Crippen molar-refractivity contribution in [2.75, 3.05) is 43.6 Å². The quantitative estimate of drug-likeness (QED) is 0.201. The highest BCUT2D eigenvalue weighted by Gasteiger charge is 2.21. The Kier molecular flexibility index (Phi) is 9.24. The number of aliphatic hydroxyl groups excluding tert-OH is 2. The number of aliphatic imine (C=N–C) groups is 1. The summed E-state index contributed by atoms with van der Waals surface area (Å²) >= 11 is 0. The van der Waals surface area contributed by atoms with Gasteiger partial charge in [-0.3, -0.25) is 0 Å². The zero-order valence-corrected chi connectivity index (χ0v) is 18.9. The van der Waals surface area contributed by atoms with Gasteiger partial charge in [-0.25, -0.2) is 18.2 Å². The lowest BCUT2D eigenvalue weighted by molar-refractivity contribution is 0.0972. The Balaban J connectivity index is 2.10. The van der Waals surface area contributed by atoms with Crippen molar-refractivity contribution >= 4 is 27.4 Å². The first-order chi connectivity index (χ1) is 15.1. The number of piperidine rings is 1. The molecule has 2 amide bonds. The maximum atomic E-state index is 12.3. The number of amidine groups is 1. The van der Waals surface area contributed by atoms with E-state index in [9.17, 15) is 18.3 Å². The van der Waals surface area contributed by atoms with E-state index < -0.39 is 9.84 Å². The normalized spacial score (nSPS) is 16.0. The van der Waals surface area contributed by atoms with Crippen molar-refractivity contribution in [2.45, 2.75) is 18.9 Å². The Morgan fingerprint density at radius 3 is 2.50 bits per heavy atom. The second kappa shape index (κ2) is 11.7. The summed E-state index contributed by atoms with van der Waals surface area (Å²) in [4.78, 5) is 18.2. The Morgan fingerprint density at radius 1 is 1.31 bits per heavy atom. The molecule has 0 radical (unpaired) electrons. The molecule has 1 aromatic rings. The average Bonchev–Trinajstić information content (AvgIpc) is 2.72. The van der Waals surface area contributed by atoms with Gasteiger partial charge in [-0.15, -0.1) is 0 Å². The molecule has 0 aliphatic carbocycles. The first kappa shape index (κ1) is 25.4. The molecule has 1 saturated heterocycles. The zero-order valence-electron chi connectivity index (χ0n) is 18.1. The zero-order chi connectivity index (χ0) is 23.7. The highest BCUT2D eigenvalue weighted by molar-refractivity contribution is 7.90. The number of carbonyl (C=O) groups excluding carboxylic acids is 1. The third kappa shape index (κ3) is 8.69. The molecule has 1 aliphatic heterocycles. The lowest BCUT2D eigenvalue weighted by Gasteiger charge is -2.29. The molecule has 0 bridgehead atoms. The van der Waals surface area contributed by atoms with E-state index in [-0.39, 0.29) is 42.6 Å². The second-order valence-corrected chi connectivity index (χ2v) is 9.74. The molecular weight excluding hydrogens is 434 g/mol. The smallest absolute Gasteiger partial charge is 0.321 e. The van der Waals surface area contributed by atoms with Gasteiger partial charge in [-0.05, 0) is 43.2 Å². The fraction of sp³-hybridized carbons (Fsp3) is 0.429. The molecule has 1 fully saturated rings. The van der Waals surface area contributed by atoms with Crippen molar-refractivity contribution in [3.63, 3.8) is 0 Å². The SMILES string of the molecule is C=C(/C=C(CS(C)(=O)=O)\N=C(/N)c1ccc(NC(=O)N2CCC(O)CC2)cc1)NCCO. The van der Waals surface area contributed by atoms with E-state index in [1.807, 2.05) is 0 Å². The van der Waals surface area contributed by atoms with E-state index in [0.29, 0.717) is 42.9 Å². The monoisotopic (exact) mass is 465 g/mol. The molecule has 0 unspecified atom stereocenters. The van der Waals surface area contributed by atoms with Crippen LogP contribution >= 0.6 is 0 Å². The molecule has 6 N–H and O–H groups in total. The van der Waals surface area contributed by atoms with Crippen molar-refractivity contribution in [3.8, 4) is 0 Å². The summed E-state index contributed by atoms with van der Waals surface area (Å²) in [6, 6.07) is 6.46. The Hall–Kier alpha value is -2.89. The minimum Gasteiger partial charge on any atom is -0.395 e. The molecule has 0 spiro atoms. The number of allylic oxidation sites excluding steroid dienone is 1. The first-order valence-corrected chi connectivity index (χ1v) is 12.2. The molecule has 0 atom stereocenters. The van der Waals surface area contributed by atoms with Crippen molar-refractivity contribution in [3.05, 3.63) is 53.9 Å². The van der Waals surface area contributed by atoms with Crippen LogP contribution in [0.3, 0.4) is 0 Å². The number of rotatable bonds is 9. The van der Waals surface area contributed by atoms with Crippen LogP contribution in [-0.4, -0.2) is 79.8 Å². The minimum absolute atomic E-state index is 0.0950. The fourth-order valence-corrected chi connectivity index (χ4v) is 3.74. The van der Waals surface area contributed by atoms with Gasteiger partial charge >= 0.3 is 6.03 Å². The summed E-state index contributed by atoms with van der Waals surface area (Å²) in [5.41, 5.74) is 7.80. The van der Waals surface area contributed by atoms with Gasteiger partial charge in [0.05, 0.1) is 24.2 Å². The topological polar surface area (TPSA) is 157 Å². The molecule has 2 rings (SSSR count). The van der Waals surface area contributed by atoms with Crippen LogP contribution in [0.15, 0.2) is 53.3 Å². The minimum atomic E-state index is -3.37. The van der Waals surface area contributed by atoms with Gasteiger partial charge in [0, 0.05) is 42.8 Å². The Bertz CT molecular complexity index is 965. The summed E-state index contributed by atoms with van der Waals surface area (Å²) in [5.74, 6) is -0.218. The van der Waals surface area contributed by atoms with E-state index in [1.165, 1.54) is 6.08 Å². The lowest BCUT2D eigenvalue weighted by Crippen LogP contribution is -2.42. The number of likely N-dealkylation sites (tertiary alicyclic amines) is 1. The van der Waals surface area contributed by atoms with Crippen LogP contribution in [0.25, 0.3) is 0 Å². The largest absolute Gasteiger partial charge is 0.395 e. The third-order valence-corrected chi connectivity index (χ3v) is 5.48. The van der Waals surface area contributed by atoms with Gasteiger partial charge in [0.2, 0.25) is 0 Å². The molecular formula is C21H31N5O5S. The van der Waals surface area contributed by atoms with E-state index >= 15 is 0 Å². The Morgan fingerprint density at radius 2 is 1.94 bits per heavy atom. The van der Waals surface area contributed by atoms with Crippen molar-refractivity contribution in [2.24, 2.45) is 10.7 Å². The van der Waals surface area contributed by atoms with Gasteiger partial charge in [-0.1, -0.05) is 6.58 Å². The lowest BCUT2D eigenvalue weighted by atomic mass is 10.1. The van der Waals surface area contributed by atoms with Crippen molar-refractivity contribution in [1.29, 1.82) is 0 Å². The molecule has 1 aliphatic rings. The molecule has 0 saturated carbocycles. The van der Waals surface area contributed by atoms with Gasteiger partial charge in [0.1, 0.15) is 5.84 Å². The van der Waals surface area contributed by atoms with Crippen LogP contribution in [0.2, 0.25) is 0 Å². The number of carbonyl (C=O) groups is 1. The number of nitrogens with two attached hydrogens (primary N) is 1. The highest BCUT2D eigenvalue weighted by atomic mass is 32.2. The molecule has 1 heterocycles. The number of nitrogens with zero attached hydrogens (tertiary/aromatic N) is 2. The van der Waals surface area contributed by atoms with Crippen LogP contribution in [0, 0.1) is 0 Å². The first-order valence-electron chi connectivity index (χ1n) is 10.2. The van der Waals surface area contributed by atoms with Crippen LogP contribution in [0.5, 0.6) is 0 Å². The fourth-order valence-electron chi connectivity index (χ4n) is 3.06. The second-order valence-electron chi connectivity index (χ2n) is 7.60. The number of nitrogens with one attached hydrogen (secondary N) is 2. The predicted octanol–water partition coefficient (Wildman–Crippen LogP) is 0.405. The standard InChI is InChI=1S/C21H31N5O5S/c1-15(23-9-12-27)13-18(14-32(2,30)31)24-20(22)16-3-5-17(6-4-16)25-21(29)26-10-7-19(28)8-11-26/h3-6,13,19,23,27-28H,1,7-12,14H2,2H3,(H2,22,24)(H,25,29)/b18-13-. The van der Waals surface area contributed by atoms with Crippen molar-refractivity contribution in [1.82, 2.24) is 10.2 Å². The summed E-state index contributed by atoms with van der Waals surface area (Å²) in [5, 5.41) is 24.1. The molecule has 0 aromatic heterocycles. The molecule has 11 heteroatoms. The van der Waals surface area contributed by atoms with Gasteiger partial charge in [0.15, 0.2) is 9.84 Å². The molecule has 1 aromatic carbocycles. The van der Waals surface area contributed by atoms with Crippen LogP contribution in [0.4, 0.5) is 10.5 Å². The number of benzene rings is 1. The number of anilines is 1. The third-order valence-electron chi connectivity index (χ3n) is 4.66. The van der Waals surface area contributed by atoms with Gasteiger partial charge in [-0.2, -0.15) is 0 Å². The maximum absolute atomic E-state index is 12.3. The van der Waals surface area contributed by atoms with E-state index in [1.54, 1.807) is 29.2 Å². The summed E-state index contributed by atoms with van der Waals surface area (Å²) in [6.45, 7) is 4.93. The predicted molar refractivity (Wildman–Crippen MR) is 125 cm³/mol. The molecule has 32 heavy (non-hydrogen) atoms. The van der Waals surface area contributed by atoms with Crippen LogP contribution in [0.1, 0.15) is 18.4 Å². The Labute approximate surface area is 188 Å². The van der Waals surface area contributed by atoms with E-state index in [4.69, 9.17) is 10.8 Å². The summed E-state index contributed by atoms with van der Waals surface area (Å²) in [6.07, 6.45) is 3.32. The van der Waals surface area contributed by atoms with Gasteiger partial charge in [0.25, 0.3) is 0 Å². The number of urea groups is 1. The average molecular weight is 466 g/mol. The molecule has 10 nitrogen and oxygen atoms in total. The molecule has 176 valence electrons. The number of aliphatic hydroxyl groups is 2. The van der Waals surface area contributed by atoms with E-state index in [2.05, 4.69) is 22.2 Å². The van der Waals surface area contributed by atoms with E-state index in [0.717, 1.165) is 6.26 Å².